The number of nitrogens with zero attached hydrogens (tertiary/aromatic N) is 3. The number of hydrogen-bond donors (Lipinski definition) is 0. The van der Waals surface area contributed by atoms with Crippen LogP contribution in [0.25, 0.3) is 10.9 Å². The molecule has 0 aliphatic carbocycles. The van der Waals surface area contributed by atoms with E-state index in [9.17, 15) is 4.39 Å². The van der Waals surface area contributed by atoms with Gasteiger partial charge in [-0.2, -0.15) is 0 Å². The molecule has 5 nitrogen and oxygen atoms in total. The molecule has 0 saturated carbocycles. The van der Waals surface area contributed by atoms with Gasteiger partial charge in [0.15, 0.2) is 0 Å². The average Bonchev–Trinajstić information content (AvgIpc) is 2.64. The second kappa shape index (κ2) is 7.70. The van der Waals surface area contributed by atoms with Crippen LogP contribution in [0.3, 0.4) is 0 Å². The van der Waals surface area contributed by atoms with E-state index in [4.69, 9.17) is 9.47 Å². The minimum atomic E-state index is -0.441. The van der Waals surface area contributed by atoms with Gasteiger partial charge in [0.2, 0.25) is 11.8 Å². The van der Waals surface area contributed by atoms with E-state index < -0.39 is 6.04 Å². The Labute approximate surface area is 160 Å². The Bertz CT molecular complexity index is 882. The van der Waals surface area contributed by atoms with Crippen molar-refractivity contribution in [2.24, 2.45) is 15.9 Å². The molecule has 1 aromatic heterocycles. The normalized spacial score (nSPS) is 20.1. The van der Waals surface area contributed by atoms with Crippen LogP contribution in [-0.2, 0) is 15.9 Å². The zero-order chi connectivity index (χ0) is 18.8. The molecule has 1 aromatic carbocycles. The van der Waals surface area contributed by atoms with Gasteiger partial charge in [-0.3, -0.25) is 4.98 Å². The lowest BCUT2D eigenvalue weighted by Crippen LogP contribution is -2.38. The maximum Gasteiger partial charge on any atom is 0.209 e. The van der Waals surface area contributed by atoms with Crippen molar-refractivity contribution in [3.8, 4) is 0 Å². The summed E-state index contributed by atoms with van der Waals surface area (Å²) in [6.07, 6.45) is 2.00. The van der Waals surface area contributed by atoms with Crippen LogP contribution < -0.4 is 0 Å². The monoisotopic (exact) mass is 421 g/mol. The summed E-state index contributed by atoms with van der Waals surface area (Å²) in [5, 5.41) is 0.745. The Morgan fingerprint density at radius 1 is 1.19 bits per heavy atom. The van der Waals surface area contributed by atoms with Crippen molar-refractivity contribution in [2.75, 3.05) is 14.2 Å². The third-order valence-corrected chi connectivity index (χ3v) is 5.04. The Morgan fingerprint density at radius 3 is 2.58 bits per heavy atom. The predicted molar refractivity (Wildman–Crippen MR) is 104 cm³/mol. The molecule has 0 unspecified atom stereocenters. The van der Waals surface area contributed by atoms with Gasteiger partial charge in [0, 0.05) is 22.5 Å². The van der Waals surface area contributed by atoms with Gasteiger partial charge in [-0.05, 0) is 39.5 Å². The first-order valence-corrected chi connectivity index (χ1v) is 9.20. The summed E-state index contributed by atoms with van der Waals surface area (Å²) in [6.45, 7) is 4.09. The maximum absolute atomic E-state index is 14.7. The van der Waals surface area contributed by atoms with Crippen LogP contribution in [0.2, 0.25) is 0 Å². The first kappa shape index (κ1) is 18.8. The van der Waals surface area contributed by atoms with Crippen LogP contribution in [0, 0.1) is 11.7 Å². The number of rotatable bonds is 3. The number of hydrogen-bond acceptors (Lipinski definition) is 5. The maximum atomic E-state index is 14.7. The molecule has 0 spiro atoms. The number of benzene rings is 1. The average molecular weight is 422 g/mol. The van der Waals surface area contributed by atoms with E-state index in [1.54, 1.807) is 26.5 Å². The van der Waals surface area contributed by atoms with Crippen LogP contribution in [0.1, 0.15) is 19.4 Å². The number of ether oxygens (including phenoxy) is 2. The van der Waals surface area contributed by atoms with Gasteiger partial charge in [-0.25, -0.2) is 14.4 Å². The second-order valence-corrected chi connectivity index (χ2v) is 7.32. The van der Waals surface area contributed by atoms with E-state index in [-0.39, 0.29) is 17.8 Å². The molecule has 26 heavy (non-hydrogen) atoms. The number of methoxy groups -OCH3 is 2. The molecule has 2 heterocycles. The smallest absolute Gasteiger partial charge is 0.209 e. The summed E-state index contributed by atoms with van der Waals surface area (Å²) in [6, 6.07) is 4.45. The second-order valence-electron chi connectivity index (χ2n) is 6.47. The van der Waals surface area contributed by atoms with E-state index in [2.05, 4.69) is 30.9 Å². The third-order valence-electron chi connectivity index (χ3n) is 4.44. The number of pyridine rings is 1. The lowest BCUT2D eigenvalue weighted by Gasteiger charge is -2.27. The van der Waals surface area contributed by atoms with Crippen molar-refractivity contribution in [3.05, 3.63) is 40.2 Å². The topological polar surface area (TPSA) is 56.1 Å². The van der Waals surface area contributed by atoms with E-state index >= 15 is 0 Å². The lowest BCUT2D eigenvalue weighted by molar-refractivity contribution is 0.332. The highest BCUT2D eigenvalue weighted by atomic mass is 79.9. The highest BCUT2D eigenvalue weighted by Gasteiger charge is 2.32. The van der Waals surface area contributed by atoms with Crippen molar-refractivity contribution in [2.45, 2.75) is 32.4 Å². The molecule has 3 rings (SSSR count). The number of fused-ring (bicyclic) bond motifs is 1. The van der Waals surface area contributed by atoms with Gasteiger partial charge in [0.25, 0.3) is 0 Å². The van der Waals surface area contributed by atoms with E-state index in [1.807, 2.05) is 19.9 Å². The first-order chi connectivity index (χ1) is 12.5. The minimum Gasteiger partial charge on any atom is -0.483 e. The Kier molecular flexibility index (Phi) is 5.55. The van der Waals surface area contributed by atoms with E-state index in [0.29, 0.717) is 33.8 Å². The van der Waals surface area contributed by atoms with Gasteiger partial charge < -0.3 is 9.47 Å². The molecule has 1 aliphatic rings. The molecule has 0 N–H and O–H groups in total. The number of halogens is 2. The molecule has 0 bridgehead atoms. The third kappa shape index (κ3) is 3.45. The van der Waals surface area contributed by atoms with Crippen molar-refractivity contribution in [3.63, 3.8) is 0 Å². The fourth-order valence-corrected chi connectivity index (χ4v) is 3.65. The predicted octanol–water partition coefficient (Wildman–Crippen LogP) is 4.18. The van der Waals surface area contributed by atoms with Crippen LogP contribution in [-0.4, -0.2) is 43.1 Å². The minimum absolute atomic E-state index is 0.195. The number of aromatic nitrogens is 1. The SMILES string of the molecule is COC1=N[C@H](C(C)C)C(OC)=N[C@H]1Cc1c(F)cc(Br)c2ncccc12. The fraction of sp³-hybridized carbons (Fsp3) is 0.421. The molecule has 0 amide bonds. The molecule has 0 fully saturated rings. The standard InChI is InChI=1S/C19H21BrFN3O2/c1-10(2)16-19(26-4)23-15(18(24-16)25-3)8-12-11-6-5-7-22-17(11)13(20)9-14(12)21/h5-7,9-10,15-16H,8H2,1-4H3/t15-,16+/m0/s1. The molecule has 1 aliphatic heterocycles. The van der Waals surface area contributed by atoms with Gasteiger partial charge in [0.1, 0.15) is 17.9 Å². The van der Waals surface area contributed by atoms with Crippen molar-refractivity contribution in [1.29, 1.82) is 0 Å². The van der Waals surface area contributed by atoms with Crippen molar-refractivity contribution >= 4 is 38.6 Å². The van der Waals surface area contributed by atoms with E-state index in [1.165, 1.54) is 6.07 Å². The van der Waals surface area contributed by atoms with Crippen LogP contribution >= 0.6 is 15.9 Å². The summed E-state index contributed by atoms with van der Waals surface area (Å²) >= 11 is 3.38. The highest BCUT2D eigenvalue weighted by Crippen LogP contribution is 2.30. The van der Waals surface area contributed by atoms with E-state index in [0.717, 1.165) is 5.39 Å². The molecular weight excluding hydrogens is 401 g/mol. The Morgan fingerprint density at radius 2 is 1.92 bits per heavy atom. The molecule has 7 heteroatoms. The Hall–Kier alpha value is -2.02. The molecule has 0 saturated heterocycles. The molecule has 2 aromatic rings. The summed E-state index contributed by atoms with van der Waals surface area (Å²) in [5.74, 6) is 0.942. The van der Waals surface area contributed by atoms with Crippen molar-refractivity contribution < 1.29 is 13.9 Å². The fourth-order valence-electron chi connectivity index (χ4n) is 3.13. The van der Waals surface area contributed by atoms with Gasteiger partial charge >= 0.3 is 0 Å². The quantitative estimate of drug-likeness (QED) is 0.746. The van der Waals surface area contributed by atoms with Crippen LogP contribution in [0.4, 0.5) is 4.39 Å². The van der Waals surface area contributed by atoms with Crippen molar-refractivity contribution in [1.82, 2.24) is 4.98 Å². The van der Waals surface area contributed by atoms with Crippen LogP contribution in [0.5, 0.6) is 0 Å². The first-order valence-electron chi connectivity index (χ1n) is 8.41. The zero-order valence-electron chi connectivity index (χ0n) is 15.2. The summed E-state index contributed by atoms with van der Waals surface area (Å²) in [4.78, 5) is 13.7. The largest absolute Gasteiger partial charge is 0.483 e. The van der Waals surface area contributed by atoms with Gasteiger partial charge in [-0.1, -0.05) is 19.9 Å². The van der Waals surface area contributed by atoms with Gasteiger partial charge in [0.05, 0.1) is 19.7 Å². The molecule has 138 valence electrons. The summed E-state index contributed by atoms with van der Waals surface area (Å²) in [7, 11) is 3.15. The lowest BCUT2D eigenvalue weighted by atomic mass is 9.98. The summed E-state index contributed by atoms with van der Waals surface area (Å²) < 4.78 is 26.3. The molecular formula is C19H21BrFN3O2. The number of aliphatic imine (C=N–C) groups is 2. The van der Waals surface area contributed by atoms with Gasteiger partial charge in [-0.15, -0.1) is 0 Å². The van der Waals surface area contributed by atoms with Crippen LogP contribution in [0.15, 0.2) is 38.9 Å². The Balaban J connectivity index is 2.04. The summed E-state index contributed by atoms with van der Waals surface area (Å²) in [5.41, 5.74) is 1.25. The zero-order valence-corrected chi connectivity index (χ0v) is 16.7. The highest BCUT2D eigenvalue weighted by molar-refractivity contribution is 9.10. The molecule has 2 atom stereocenters. The molecule has 0 radical (unpaired) electrons.